The molecule has 7 aromatic rings. The van der Waals surface area contributed by atoms with Crippen molar-refractivity contribution >= 4 is 55.0 Å². The van der Waals surface area contributed by atoms with Gasteiger partial charge in [-0.1, -0.05) is 109 Å². The lowest BCUT2D eigenvalue weighted by atomic mass is 9.83. The fraction of sp³-hybridized carbons (Fsp3) is 0. The fourth-order valence-electron chi connectivity index (χ4n) is 6.14. The smallest absolute Gasteiger partial charge is 0.0795 e. The Kier molecular flexibility index (Phi) is 7.30. The van der Waals surface area contributed by atoms with Crippen molar-refractivity contribution in [2.45, 2.75) is 0 Å². The molecular weight excluding hydrogens is 548 g/mol. The highest BCUT2D eigenvalue weighted by Gasteiger charge is 2.19. The lowest BCUT2D eigenvalue weighted by molar-refractivity contribution is 1.33. The van der Waals surface area contributed by atoms with E-state index in [-0.39, 0.29) is 11.4 Å². The average Bonchev–Trinajstić information content (AvgIpc) is 3.09. The molecule has 0 atom stereocenters. The van der Waals surface area contributed by atoms with E-state index in [4.69, 9.17) is 16.6 Å². The molecule has 0 spiro atoms. The van der Waals surface area contributed by atoms with Crippen molar-refractivity contribution in [1.82, 2.24) is 4.98 Å². The number of anilines is 1. The summed E-state index contributed by atoms with van der Waals surface area (Å²) >= 11 is 0. The number of fused-ring (bicyclic) bond motifs is 3. The van der Waals surface area contributed by atoms with Crippen LogP contribution < -0.4 is 5.73 Å². The van der Waals surface area contributed by atoms with Gasteiger partial charge in [0, 0.05) is 18.1 Å². The topological polar surface area (TPSA) is 86.6 Å². The summed E-state index contributed by atoms with van der Waals surface area (Å²) in [7, 11) is 0. The Labute approximate surface area is 261 Å². The van der Waals surface area contributed by atoms with E-state index in [1.165, 1.54) is 32.7 Å². The first kappa shape index (κ1) is 27.7. The molecule has 0 unspecified atom stereocenters. The van der Waals surface area contributed by atoms with E-state index in [2.05, 4.69) is 96.0 Å². The maximum absolute atomic E-state index is 8.21. The molecule has 8 rings (SSSR count). The second kappa shape index (κ2) is 11.9. The highest BCUT2D eigenvalue weighted by Crippen LogP contribution is 2.44. The molecule has 0 saturated heterocycles. The number of nitrogens with two attached hydrogens (primary N) is 1. The number of hydrogen-bond acceptors (Lipinski definition) is 4. The van der Waals surface area contributed by atoms with E-state index >= 15 is 0 Å². The maximum atomic E-state index is 8.21. The minimum absolute atomic E-state index is 0.244. The summed E-state index contributed by atoms with van der Waals surface area (Å²) in [6.07, 6.45) is 9.05. The van der Waals surface area contributed by atoms with Crippen molar-refractivity contribution in [2.24, 2.45) is 0 Å². The van der Waals surface area contributed by atoms with Crippen LogP contribution in [0.3, 0.4) is 0 Å². The molecule has 0 saturated carbocycles. The summed E-state index contributed by atoms with van der Waals surface area (Å²) < 4.78 is 0. The van der Waals surface area contributed by atoms with Crippen molar-refractivity contribution < 1.29 is 0 Å². The van der Waals surface area contributed by atoms with E-state index in [0.717, 1.165) is 38.7 Å². The number of rotatable bonds is 3. The molecule has 1 heterocycles. The van der Waals surface area contributed by atoms with Crippen molar-refractivity contribution in [2.75, 3.05) is 5.73 Å². The van der Waals surface area contributed by atoms with Crippen LogP contribution in [0.25, 0.3) is 60.1 Å². The molecule has 1 aliphatic rings. The van der Waals surface area contributed by atoms with Gasteiger partial charge >= 0.3 is 0 Å². The van der Waals surface area contributed by atoms with Crippen molar-refractivity contribution in [1.29, 1.82) is 10.8 Å². The second-order valence-corrected chi connectivity index (χ2v) is 11.0. The van der Waals surface area contributed by atoms with Gasteiger partial charge in [0.2, 0.25) is 0 Å². The molecule has 1 aliphatic carbocycles. The molecule has 45 heavy (non-hydrogen) atoms. The van der Waals surface area contributed by atoms with E-state index in [9.17, 15) is 0 Å². The lowest BCUT2D eigenvalue weighted by Gasteiger charge is -2.20. The molecule has 0 fully saturated rings. The number of benzene rings is 6. The van der Waals surface area contributed by atoms with Gasteiger partial charge in [0.05, 0.1) is 11.4 Å². The first-order valence-electron chi connectivity index (χ1n) is 14.8. The highest BCUT2D eigenvalue weighted by molar-refractivity contribution is 6.50. The number of pyridine rings is 1. The van der Waals surface area contributed by atoms with Crippen LogP contribution in [0.4, 0.5) is 5.69 Å². The Morgan fingerprint density at radius 3 is 1.71 bits per heavy atom. The number of allylic oxidation sites excluding steroid dienone is 4. The number of nitrogen functional groups attached to an aromatic ring is 1. The van der Waals surface area contributed by atoms with Gasteiger partial charge in [0.25, 0.3) is 0 Å². The maximum Gasteiger partial charge on any atom is 0.0795 e. The predicted octanol–water partition coefficient (Wildman–Crippen LogP) is 10.1. The van der Waals surface area contributed by atoms with Gasteiger partial charge < -0.3 is 5.73 Å². The van der Waals surface area contributed by atoms with Gasteiger partial charge in [0.15, 0.2) is 0 Å². The number of nitrogens with one attached hydrogen (secondary N) is 2. The Bertz CT molecular complexity index is 2250. The molecule has 1 aromatic heterocycles. The minimum atomic E-state index is 0.244. The van der Waals surface area contributed by atoms with Crippen LogP contribution >= 0.6 is 0 Å². The molecule has 0 radical (unpaired) electrons. The van der Waals surface area contributed by atoms with Gasteiger partial charge in [-0.05, 0) is 102 Å². The van der Waals surface area contributed by atoms with Crippen molar-refractivity contribution in [3.8, 4) is 22.3 Å². The van der Waals surface area contributed by atoms with Crippen LogP contribution in [0.2, 0.25) is 0 Å². The molecule has 0 aliphatic heterocycles. The van der Waals surface area contributed by atoms with Crippen LogP contribution in [0.5, 0.6) is 0 Å². The van der Waals surface area contributed by atoms with Crippen molar-refractivity contribution in [3.63, 3.8) is 0 Å². The third-order valence-corrected chi connectivity index (χ3v) is 8.20. The second-order valence-electron chi connectivity index (χ2n) is 11.0. The molecule has 6 aromatic carbocycles. The van der Waals surface area contributed by atoms with Gasteiger partial charge in [-0.2, -0.15) is 0 Å². The van der Waals surface area contributed by atoms with Gasteiger partial charge in [0.1, 0.15) is 0 Å². The zero-order chi connectivity index (χ0) is 30.8. The lowest BCUT2D eigenvalue weighted by Crippen LogP contribution is -2.10. The molecule has 214 valence electrons. The molecular formula is C41H30N4. The Morgan fingerprint density at radius 1 is 0.489 bits per heavy atom. The molecule has 0 amide bonds. The molecule has 4 heteroatoms. The Balaban J connectivity index is 0.000000209. The standard InChI is InChI=1S/C30H20N2.C11H10N2/c31-27-17-16-20(18-28(27)32)29-23-11-3-5-13-25(23)30(26-14-6-4-12-24(26)29)22-15-7-9-19-8-1-2-10-21(19)22;12-11-3-1-2-10(8-11)9-4-6-13-7-5-9/h1-18,31-32H;1-8H,12H2. The summed E-state index contributed by atoms with van der Waals surface area (Å²) in [4.78, 5) is 3.96. The van der Waals surface area contributed by atoms with Crippen LogP contribution in [-0.2, 0) is 0 Å². The Morgan fingerprint density at radius 2 is 1.07 bits per heavy atom. The summed E-state index contributed by atoms with van der Waals surface area (Å²) in [5.74, 6) is 0. The third-order valence-electron chi connectivity index (χ3n) is 8.20. The SMILES string of the molecule is N=C1C=CC(c2c3ccccc3c(-c3cccc4ccccc34)c3ccccc23)=CC1=N.Nc1cccc(-c2ccncc2)c1. The van der Waals surface area contributed by atoms with Gasteiger partial charge in [-0.15, -0.1) is 0 Å². The van der Waals surface area contributed by atoms with E-state index < -0.39 is 0 Å². The Hall–Kier alpha value is -6.13. The largest absolute Gasteiger partial charge is 0.399 e. The van der Waals surface area contributed by atoms with E-state index in [1.807, 2.05) is 48.6 Å². The molecule has 4 N–H and O–H groups in total. The fourth-order valence-corrected chi connectivity index (χ4v) is 6.14. The number of hydrogen-bond donors (Lipinski definition) is 3. The third kappa shape index (κ3) is 5.30. The average molecular weight is 579 g/mol. The van der Waals surface area contributed by atoms with Crippen LogP contribution in [-0.4, -0.2) is 16.4 Å². The van der Waals surface area contributed by atoms with Gasteiger partial charge in [-0.3, -0.25) is 15.8 Å². The van der Waals surface area contributed by atoms with Crippen LogP contribution in [0.15, 0.2) is 158 Å². The van der Waals surface area contributed by atoms with Gasteiger partial charge in [-0.25, -0.2) is 0 Å². The first-order chi connectivity index (χ1) is 22.1. The molecule has 4 nitrogen and oxygen atoms in total. The van der Waals surface area contributed by atoms with E-state index in [1.54, 1.807) is 18.5 Å². The van der Waals surface area contributed by atoms with Crippen LogP contribution in [0, 0.1) is 10.8 Å². The monoisotopic (exact) mass is 578 g/mol. The predicted molar refractivity (Wildman–Crippen MR) is 191 cm³/mol. The van der Waals surface area contributed by atoms with Crippen LogP contribution in [0.1, 0.15) is 5.56 Å². The summed E-state index contributed by atoms with van der Waals surface area (Å²) in [5.41, 5.74) is 13.8. The van der Waals surface area contributed by atoms with E-state index in [0.29, 0.717) is 0 Å². The zero-order valence-electron chi connectivity index (χ0n) is 24.5. The quantitative estimate of drug-likeness (QED) is 0.111. The summed E-state index contributed by atoms with van der Waals surface area (Å²) in [6.45, 7) is 0. The number of aromatic nitrogens is 1. The minimum Gasteiger partial charge on any atom is -0.399 e. The zero-order valence-corrected chi connectivity index (χ0v) is 24.5. The first-order valence-corrected chi connectivity index (χ1v) is 14.8. The highest BCUT2D eigenvalue weighted by atomic mass is 14.6. The normalized spacial score (nSPS) is 12.7. The summed E-state index contributed by atoms with van der Waals surface area (Å²) in [5, 5.41) is 23.3. The summed E-state index contributed by atoms with van der Waals surface area (Å²) in [6, 6.07) is 43.9. The number of nitrogens with zero attached hydrogens (tertiary/aromatic N) is 1. The molecule has 0 bridgehead atoms. The van der Waals surface area contributed by atoms with Crippen molar-refractivity contribution in [3.05, 3.63) is 164 Å².